The van der Waals surface area contributed by atoms with Crippen LogP contribution in [0.15, 0.2) is 22.7 Å². The Morgan fingerprint density at radius 3 is 2.70 bits per heavy atom. The molecule has 0 aromatic heterocycles. The van der Waals surface area contributed by atoms with Gasteiger partial charge in [-0.25, -0.2) is 4.39 Å². The number of benzene rings is 1. The Balaban J connectivity index is 1.83. The molecule has 110 valence electrons. The van der Waals surface area contributed by atoms with Gasteiger partial charge in [-0.05, 0) is 52.9 Å². The first-order valence-electron chi connectivity index (χ1n) is 7.02. The van der Waals surface area contributed by atoms with Gasteiger partial charge in [-0.15, -0.1) is 0 Å². The normalized spacial score (nSPS) is 17.8. The first-order valence-corrected chi connectivity index (χ1v) is 7.82. The molecule has 5 heteroatoms. The molecule has 1 aliphatic rings. The molecule has 20 heavy (non-hydrogen) atoms. The summed E-state index contributed by atoms with van der Waals surface area (Å²) < 4.78 is 13.6. The Kier molecular flexibility index (Phi) is 5.16. The summed E-state index contributed by atoms with van der Waals surface area (Å²) in [6.45, 7) is 0.524. The summed E-state index contributed by atoms with van der Waals surface area (Å²) in [5, 5.41) is 2.90. The molecule has 3 nitrogen and oxygen atoms in total. The smallest absolute Gasteiger partial charge is 0.240 e. The Hall–Kier alpha value is -0.940. The van der Waals surface area contributed by atoms with Crippen molar-refractivity contribution >= 4 is 21.8 Å². The third-order valence-electron chi connectivity index (χ3n) is 3.88. The monoisotopic (exact) mass is 342 g/mol. The van der Waals surface area contributed by atoms with Crippen molar-refractivity contribution in [1.82, 2.24) is 5.32 Å². The van der Waals surface area contributed by atoms with Gasteiger partial charge in [-0.2, -0.15) is 0 Å². The SMILES string of the molecule is NC1(C(=O)NCCc2ccc(F)c(Br)c2)CCCCC1. The second-order valence-electron chi connectivity index (χ2n) is 5.47. The topological polar surface area (TPSA) is 55.1 Å². The maximum absolute atomic E-state index is 13.1. The van der Waals surface area contributed by atoms with Gasteiger partial charge in [0.25, 0.3) is 0 Å². The van der Waals surface area contributed by atoms with Crippen LogP contribution < -0.4 is 11.1 Å². The number of nitrogens with two attached hydrogens (primary N) is 1. The lowest BCUT2D eigenvalue weighted by molar-refractivity contribution is -0.127. The fourth-order valence-corrected chi connectivity index (χ4v) is 3.03. The van der Waals surface area contributed by atoms with E-state index in [1.54, 1.807) is 12.1 Å². The van der Waals surface area contributed by atoms with E-state index in [1.807, 2.05) is 0 Å². The minimum Gasteiger partial charge on any atom is -0.354 e. The summed E-state index contributed by atoms with van der Waals surface area (Å²) in [4.78, 5) is 12.1. The fourth-order valence-electron chi connectivity index (χ4n) is 2.60. The molecule has 0 radical (unpaired) electrons. The summed E-state index contributed by atoms with van der Waals surface area (Å²) in [6, 6.07) is 4.89. The van der Waals surface area contributed by atoms with Crippen molar-refractivity contribution in [2.45, 2.75) is 44.1 Å². The molecule has 3 N–H and O–H groups in total. The third kappa shape index (κ3) is 3.79. The highest BCUT2D eigenvalue weighted by Gasteiger charge is 2.34. The van der Waals surface area contributed by atoms with E-state index in [2.05, 4.69) is 21.2 Å². The maximum atomic E-state index is 13.1. The minimum atomic E-state index is -0.693. The van der Waals surface area contributed by atoms with Crippen LogP contribution in [0.25, 0.3) is 0 Å². The van der Waals surface area contributed by atoms with E-state index < -0.39 is 5.54 Å². The van der Waals surface area contributed by atoms with Gasteiger partial charge in [0.1, 0.15) is 5.82 Å². The van der Waals surface area contributed by atoms with E-state index in [1.165, 1.54) is 6.07 Å². The zero-order valence-electron chi connectivity index (χ0n) is 11.4. The molecule has 1 amide bonds. The van der Waals surface area contributed by atoms with Crippen molar-refractivity contribution in [2.75, 3.05) is 6.54 Å². The lowest BCUT2D eigenvalue weighted by Crippen LogP contribution is -2.55. The van der Waals surface area contributed by atoms with Gasteiger partial charge >= 0.3 is 0 Å². The van der Waals surface area contributed by atoms with E-state index >= 15 is 0 Å². The van der Waals surface area contributed by atoms with Gasteiger partial charge in [-0.3, -0.25) is 4.79 Å². The molecule has 0 aliphatic heterocycles. The molecular weight excluding hydrogens is 323 g/mol. The number of hydrogen-bond acceptors (Lipinski definition) is 2. The average molecular weight is 343 g/mol. The van der Waals surface area contributed by atoms with Crippen LogP contribution >= 0.6 is 15.9 Å². The van der Waals surface area contributed by atoms with Crippen LogP contribution in [0.2, 0.25) is 0 Å². The Morgan fingerprint density at radius 1 is 1.35 bits per heavy atom. The molecule has 1 fully saturated rings. The fraction of sp³-hybridized carbons (Fsp3) is 0.533. The molecule has 0 unspecified atom stereocenters. The molecule has 1 aliphatic carbocycles. The van der Waals surface area contributed by atoms with E-state index in [0.29, 0.717) is 17.4 Å². The van der Waals surface area contributed by atoms with E-state index in [0.717, 1.165) is 37.7 Å². The van der Waals surface area contributed by atoms with E-state index in [9.17, 15) is 9.18 Å². The standard InChI is InChI=1S/C15H20BrFN2O/c16-12-10-11(4-5-13(12)17)6-9-19-14(20)15(18)7-2-1-3-8-15/h4-5,10H,1-3,6-9,18H2,(H,19,20). The summed E-state index contributed by atoms with van der Waals surface area (Å²) >= 11 is 3.16. The first kappa shape index (κ1) is 15.4. The van der Waals surface area contributed by atoms with Crippen LogP contribution in [0, 0.1) is 5.82 Å². The number of nitrogens with one attached hydrogen (secondary N) is 1. The molecule has 0 saturated heterocycles. The molecule has 1 aromatic carbocycles. The predicted molar refractivity (Wildman–Crippen MR) is 80.8 cm³/mol. The van der Waals surface area contributed by atoms with Crippen molar-refractivity contribution in [2.24, 2.45) is 5.73 Å². The van der Waals surface area contributed by atoms with Gasteiger partial charge < -0.3 is 11.1 Å². The third-order valence-corrected chi connectivity index (χ3v) is 4.49. The highest BCUT2D eigenvalue weighted by molar-refractivity contribution is 9.10. The number of halogens is 2. The quantitative estimate of drug-likeness (QED) is 0.883. The summed E-state index contributed by atoms with van der Waals surface area (Å²) in [5.41, 5.74) is 6.44. The number of rotatable bonds is 4. The predicted octanol–water partition coefficient (Wildman–Crippen LogP) is 2.91. The molecule has 0 heterocycles. The maximum Gasteiger partial charge on any atom is 0.240 e. The van der Waals surface area contributed by atoms with Crippen LogP contribution in [-0.2, 0) is 11.2 Å². The van der Waals surface area contributed by atoms with E-state index in [-0.39, 0.29) is 11.7 Å². The zero-order chi connectivity index (χ0) is 14.6. The number of hydrogen-bond donors (Lipinski definition) is 2. The van der Waals surface area contributed by atoms with Crippen LogP contribution in [0.5, 0.6) is 0 Å². The number of carbonyl (C=O) groups excluding carboxylic acids is 1. The van der Waals surface area contributed by atoms with Gasteiger partial charge in [0.2, 0.25) is 5.91 Å². The zero-order valence-corrected chi connectivity index (χ0v) is 13.0. The van der Waals surface area contributed by atoms with Crippen molar-refractivity contribution < 1.29 is 9.18 Å². The van der Waals surface area contributed by atoms with Gasteiger partial charge in [0.15, 0.2) is 0 Å². The van der Waals surface area contributed by atoms with Crippen molar-refractivity contribution in [3.05, 3.63) is 34.1 Å². The van der Waals surface area contributed by atoms with E-state index in [4.69, 9.17) is 5.73 Å². The van der Waals surface area contributed by atoms with Gasteiger partial charge in [-0.1, -0.05) is 25.3 Å². The molecule has 0 atom stereocenters. The first-order chi connectivity index (χ1) is 9.51. The van der Waals surface area contributed by atoms with Crippen LogP contribution in [0.3, 0.4) is 0 Å². The number of carbonyl (C=O) groups is 1. The Bertz CT molecular complexity index is 487. The molecule has 0 spiro atoms. The largest absolute Gasteiger partial charge is 0.354 e. The molecular formula is C15H20BrFN2O. The highest BCUT2D eigenvalue weighted by atomic mass is 79.9. The lowest BCUT2D eigenvalue weighted by Gasteiger charge is -2.31. The summed E-state index contributed by atoms with van der Waals surface area (Å²) in [6.07, 6.45) is 5.40. The van der Waals surface area contributed by atoms with Crippen molar-refractivity contribution in [1.29, 1.82) is 0 Å². The number of amides is 1. The molecule has 0 bridgehead atoms. The summed E-state index contributed by atoms with van der Waals surface area (Å²) in [5.74, 6) is -0.334. The van der Waals surface area contributed by atoms with Crippen molar-refractivity contribution in [3.63, 3.8) is 0 Å². The molecule has 2 rings (SSSR count). The molecule has 1 aromatic rings. The Morgan fingerprint density at radius 2 is 2.05 bits per heavy atom. The lowest BCUT2D eigenvalue weighted by atomic mass is 9.82. The Labute approximate surface area is 127 Å². The second-order valence-corrected chi connectivity index (χ2v) is 6.33. The van der Waals surface area contributed by atoms with Crippen molar-refractivity contribution in [3.8, 4) is 0 Å². The highest BCUT2D eigenvalue weighted by Crippen LogP contribution is 2.26. The van der Waals surface area contributed by atoms with Crippen LogP contribution in [0.1, 0.15) is 37.7 Å². The average Bonchev–Trinajstić information content (AvgIpc) is 2.43. The van der Waals surface area contributed by atoms with Gasteiger partial charge in [0, 0.05) is 6.54 Å². The second kappa shape index (κ2) is 6.68. The summed E-state index contributed by atoms with van der Waals surface area (Å²) in [7, 11) is 0. The minimum absolute atomic E-state index is 0.0571. The molecule has 1 saturated carbocycles. The van der Waals surface area contributed by atoms with Crippen LogP contribution in [0.4, 0.5) is 4.39 Å². The van der Waals surface area contributed by atoms with Gasteiger partial charge in [0.05, 0.1) is 10.0 Å². The van der Waals surface area contributed by atoms with Crippen LogP contribution in [-0.4, -0.2) is 18.0 Å².